The van der Waals surface area contributed by atoms with E-state index >= 15 is 0 Å². The lowest BCUT2D eigenvalue weighted by atomic mass is 10.0. The van der Waals surface area contributed by atoms with Crippen molar-refractivity contribution in [3.63, 3.8) is 0 Å². The second-order valence-electron chi connectivity index (χ2n) is 8.29. The number of hydrogen-bond donors (Lipinski definition) is 2. The standard InChI is InChI=1S/C26H25N3O5/c1-26(2)25(32)29(16-23(30)27-18-8-5-4-6-9-18)21-14-17(12-13-22(21)34-26)24(31)28-19-10-7-11-20(15-19)33-3/h4-15H,16H2,1-3H3,(H,27,30)(H,28,31). The molecule has 0 spiro atoms. The fourth-order valence-corrected chi connectivity index (χ4v) is 3.64. The zero-order valence-electron chi connectivity index (χ0n) is 19.1. The first-order valence-corrected chi connectivity index (χ1v) is 10.7. The van der Waals surface area contributed by atoms with Crippen LogP contribution in [0.3, 0.4) is 0 Å². The van der Waals surface area contributed by atoms with Crippen molar-refractivity contribution in [3.05, 3.63) is 78.4 Å². The summed E-state index contributed by atoms with van der Waals surface area (Å²) in [5, 5.41) is 5.60. The van der Waals surface area contributed by atoms with Crippen molar-refractivity contribution in [2.45, 2.75) is 19.4 Å². The number of para-hydroxylation sites is 1. The minimum absolute atomic E-state index is 0.228. The normalized spacial score (nSPS) is 14.0. The lowest BCUT2D eigenvalue weighted by Gasteiger charge is -2.38. The Kier molecular flexibility index (Phi) is 6.23. The van der Waals surface area contributed by atoms with Gasteiger partial charge in [0.25, 0.3) is 11.8 Å². The number of benzene rings is 3. The van der Waals surface area contributed by atoms with Gasteiger partial charge in [-0.2, -0.15) is 0 Å². The fourth-order valence-electron chi connectivity index (χ4n) is 3.64. The van der Waals surface area contributed by atoms with Crippen LogP contribution in [0.25, 0.3) is 0 Å². The predicted molar refractivity (Wildman–Crippen MR) is 130 cm³/mol. The first-order valence-electron chi connectivity index (χ1n) is 10.7. The molecule has 3 amide bonds. The summed E-state index contributed by atoms with van der Waals surface area (Å²) < 4.78 is 11.1. The van der Waals surface area contributed by atoms with Gasteiger partial charge in [0.1, 0.15) is 18.0 Å². The number of fused-ring (bicyclic) bond motifs is 1. The van der Waals surface area contributed by atoms with Crippen LogP contribution in [0, 0.1) is 0 Å². The van der Waals surface area contributed by atoms with Gasteiger partial charge in [-0.05, 0) is 56.3 Å². The third kappa shape index (κ3) is 4.85. The molecule has 0 radical (unpaired) electrons. The van der Waals surface area contributed by atoms with Crippen molar-refractivity contribution < 1.29 is 23.9 Å². The average molecular weight is 460 g/mol. The maximum Gasteiger partial charge on any atom is 0.271 e. The molecule has 2 N–H and O–H groups in total. The summed E-state index contributed by atoms with van der Waals surface area (Å²) in [6.07, 6.45) is 0. The summed E-state index contributed by atoms with van der Waals surface area (Å²) in [6, 6.07) is 20.8. The van der Waals surface area contributed by atoms with E-state index in [4.69, 9.17) is 9.47 Å². The fraction of sp³-hybridized carbons (Fsp3) is 0.192. The Morgan fingerprint density at radius 1 is 0.941 bits per heavy atom. The molecule has 0 saturated carbocycles. The van der Waals surface area contributed by atoms with E-state index in [0.717, 1.165) is 0 Å². The number of amides is 3. The number of nitrogens with one attached hydrogen (secondary N) is 2. The lowest BCUT2D eigenvalue weighted by Crippen LogP contribution is -2.54. The van der Waals surface area contributed by atoms with Crippen molar-refractivity contribution in [3.8, 4) is 11.5 Å². The van der Waals surface area contributed by atoms with E-state index in [1.807, 2.05) is 6.07 Å². The van der Waals surface area contributed by atoms with E-state index in [2.05, 4.69) is 10.6 Å². The second-order valence-corrected chi connectivity index (χ2v) is 8.29. The Bertz CT molecular complexity index is 1240. The number of carbonyl (C=O) groups excluding carboxylic acids is 3. The Morgan fingerprint density at radius 2 is 1.68 bits per heavy atom. The van der Waals surface area contributed by atoms with Crippen LogP contribution >= 0.6 is 0 Å². The number of nitrogens with zero attached hydrogens (tertiary/aromatic N) is 1. The monoisotopic (exact) mass is 459 g/mol. The van der Waals surface area contributed by atoms with Crippen LogP contribution in [0.1, 0.15) is 24.2 Å². The van der Waals surface area contributed by atoms with Crippen molar-refractivity contribution >= 4 is 34.8 Å². The maximum absolute atomic E-state index is 13.1. The van der Waals surface area contributed by atoms with E-state index in [1.165, 1.54) is 4.90 Å². The molecule has 0 fully saturated rings. The van der Waals surface area contributed by atoms with Crippen LogP contribution in [0.2, 0.25) is 0 Å². The summed E-state index contributed by atoms with van der Waals surface area (Å²) >= 11 is 0. The van der Waals surface area contributed by atoms with Gasteiger partial charge in [0.05, 0.1) is 12.8 Å². The molecule has 0 aromatic heterocycles. The molecule has 0 aliphatic carbocycles. The highest BCUT2D eigenvalue weighted by molar-refractivity contribution is 6.10. The molecule has 8 heteroatoms. The summed E-state index contributed by atoms with van der Waals surface area (Å²) in [4.78, 5) is 40.1. The topological polar surface area (TPSA) is 97.0 Å². The molecule has 0 atom stereocenters. The summed E-state index contributed by atoms with van der Waals surface area (Å²) in [6.45, 7) is 3.06. The quantitative estimate of drug-likeness (QED) is 0.579. The first-order chi connectivity index (χ1) is 16.3. The number of ether oxygens (including phenoxy) is 2. The molecule has 4 rings (SSSR count). The van der Waals surface area contributed by atoms with E-state index < -0.39 is 5.60 Å². The van der Waals surface area contributed by atoms with E-state index in [1.54, 1.807) is 87.7 Å². The molecule has 174 valence electrons. The van der Waals surface area contributed by atoms with Crippen molar-refractivity contribution in [1.29, 1.82) is 0 Å². The molecule has 3 aromatic rings. The van der Waals surface area contributed by atoms with Crippen molar-refractivity contribution in [1.82, 2.24) is 0 Å². The highest BCUT2D eigenvalue weighted by Gasteiger charge is 2.41. The number of carbonyl (C=O) groups is 3. The van der Waals surface area contributed by atoms with Gasteiger partial charge in [-0.15, -0.1) is 0 Å². The molecule has 8 nitrogen and oxygen atoms in total. The number of anilines is 3. The summed E-state index contributed by atoms with van der Waals surface area (Å²) in [5.74, 6) is -0.0971. The summed E-state index contributed by atoms with van der Waals surface area (Å²) in [7, 11) is 1.55. The van der Waals surface area contributed by atoms with Gasteiger partial charge >= 0.3 is 0 Å². The molecule has 1 aliphatic heterocycles. The van der Waals surface area contributed by atoms with Crippen LogP contribution in [0.15, 0.2) is 72.8 Å². The van der Waals surface area contributed by atoms with E-state index in [-0.39, 0.29) is 24.3 Å². The van der Waals surface area contributed by atoms with E-state index in [0.29, 0.717) is 34.1 Å². The molecule has 1 aliphatic rings. The highest BCUT2D eigenvalue weighted by Crippen LogP contribution is 2.38. The van der Waals surface area contributed by atoms with Gasteiger partial charge in [-0.25, -0.2) is 0 Å². The second kappa shape index (κ2) is 9.27. The van der Waals surface area contributed by atoms with Gasteiger partial charge in [-0.3, -0.25) is 19.3 Å². The van der Waals surface area contributed by atoms with Gasteiger partial charge in [0.15, 0.2) is 5.60 Å². The van der Waals surface area contributed by atoms with Gasteiger partial charge in [-0.1, -0.05) is 24.3 Å². The van der Waals surface area contributed by atoms with Gasteiger partial charge < -0.3 is 20.1 Å². The highest BCUT2D eigenvalue weighted by atomic mass is 16.5. The minimum Gasteiger partial charge on any atom is -0.497 e. The number of hydrogen-bond acceptors (Lipinski definition) is 5. The Labute approximate surface area is 197 Å². The van der Waals surface area contributed by atoms with Crippen molar-refractivity contribution in [2.75, 3.05) is 29.2 Å². The third-order valence-electron chi connectivity index (χ3n) is 5.32. The van der Waals surface area contributed by atoms with E-state index in [9.17, 15) is 14.4 Å². The van der Waals surface area contributed by atoms with Gasteiger partial charge in [0.2, 0.25) is 5.91 Å². The molecule has 0 unspecified atom stereocenters. The largest absolute Gasteiger partial charge is 0.497 e. The first kappa shape index (κ1) is 22.8. The SMILES string of the molecule is COc1cccc(NC(=O)c2ccc3c(c2)N(CC(=O)Nc2ccccc2)C(=O)C(C)(C)O3)c1. The molecule has 0 saturated heterocycles. The molecular formula is C26H25N3O5. The van der Waals surface area contributed by atoms with Crippen molar-refractivity contribution in [2.24, 2.45) is 0 Å². The Balaban J connectivity index is 1.60. The smallest absolute Gasteiger partial charge is 0.271 e. The average Bonchev–Trinajstić information content (AvgIpc) is 2.82. The number of rotatable bonds is 6. The molecule has 1 heterocycles. The molecule has 0 bridgehead atoms. The van der Waals surface area contributed by atoms with Crippen LogP contribution < -0.4 is 25.0 Å². The third-order valence-corrected chi connectivity index (χ3v) is 5.32. The Morgan fingerprint density at radius 3 is 2.41 bits per heavy atom. The lowest BCUT2D eigenvalue weighted by molar-refractivity contribution is -0.133. The molecule has 3 aromatic carbocycles. The zero-order valence-corrected chi connectivity index (χ0v) is 19.1. The Hall–Kier alpha value is -4.33. The van der Waals surface area contributed by atoms with Crippen LogP contribution in [-0.2, 0) is 9.59 Å². The van der Waals surface area contributed by atoms with Crippen LogP contribution in [0.5, 0.6) is 11.5 Å². The maximum atomic E-state index is 13.1. The minimum atomic E-state index is -1.16. The summed E-state index contributed by atoms with van der Waals surface area (Å²) in [5.41, 5.74) is 0.690. The number of methoxy groups -OCH3 is 1. The van der Waals surface area contributed by atoms with Crippen LogP contribution in [-0.4, -0.2) is 37.0 Å². The van der Waals surface area contributed by atoms with Crippen LogP contribution in [0.4, 0.5) is 17.1 Å². The predicted octanol–water partition coefficient (Wildman–Crippen LogP) is 4.09. The molecule has 34 heavy (non-hydrogen) atoms. The zero-order chi connectivity index (χ0) is 24.3. The molecular weight excluding hydrogens is 434 g/mol. The van der Waals surface area contributed by atoms with Gasteiger partial charge in [0, 0.05) is 23.0 Å².